The minimum atomic E-state index is -0.595. The maximum atomic E-state index is 10.7. The molecule has 9 heavy (non-hydrogen) atoms. The lowest BCUT2D eigenvalue weighted by Gasteiger charge is -2.03. The Kier molecular flexibility index (Phi) is 1.31. The molecule has 1 saturated heterocycles. The summed E-state index contributed by atoms with van der Waals surface area (Å²) in [7, 11) is 6.69. The second-order valence-electron chi connectivity index (χ2n) is 2.10. The fourth-order valence-electron chi connectivity index (χ4n) is 0.784. The van der Waals surface area contributed by atoms with Gasteiger partial charge >= 0.3 is 0 Å². The van der Waals surface area contributed by atoms with E-state index in [-0.39, 0.29) is 18.2 Å². The zero-order valence-corrected chi connectivity index (χ0v) is 5.13. The van der Waals surface area contributed by atoms with Crippen LogP contribution in [0.25, 0.3) is 0 Å². The van der Waals surface area contributed by atoms with Gasteiger partial charge in [0.1, 0.15) is 0 Å². The van der Waals surface area contributed by atoms with Crippen LogP contribution in [0.4, 0.5) is 0 Å². The molecule has 1 heterocycles. The number of rotatable bonds is 0. The standard InChI is InChI=1S/C5H6BNO2/c1-7-4(8)2-3(6)5(7)9/h3H,2H2,1H3. The Morgan fingerprint density at radius 2 is 2.22 bits per heavy atom. The van der Waals surface area contributed by atoms with E-state index < -0.39 is 5.82 Å². The predicted octanol–water partition coefficient (Wildman–Crippen LogP) is -0.668. The van der Waals surface area contributed by atoms with Crippen LogP contribution in [0.15, 0.2) is 0 Å². The van der Waals surface area contributed by atoms with Gasteiger partial charge in [-0.2, -0.15) is 0 Å². The van der Waals surface area contributed by atoms with Crippen molar-refractivity contribution in [3.05, 3.63) is 0 Å². The van der Waals surface area contributed by atoms with Gasteiger partial charge in [0, 0.05) is 19.3 Å². The van der Waals surface area contributed by atoms with Gasteiger partial charge in [-0.25, -0.2) is 0 Å². The van der Waals surface area contributed by atoms with Crippen molar-refractivity contribution in [3.63, 3.8) is 0 Å². The third kappa shape index (κ3) is 0.844. The van der Waals surface area contributed by atoms with Crippen LogP contribution in [-0.2, 0) is 9.59 Å². The number of imide groups is 1. The van der Waals surface area contributed by atoms with Crippen molar-refractivity contribution in [2.45, 2.75) is 12.2 Å². The summed E-state index contributed by atoms with van der Waals surface area (Å²) in [5.74, 6) is -1.06. The number of hydrogen-bond donors (Lipinski definition) is 0. The Balaban J connectivity index is 2.77. The summed E-state index contributed by atoms with van der Waals surface area (Å²) in [6, 6.07) is 0. The molecule has 1 aliphatic rings. The van der Waals surface area contributed by atoms with E-state index in [1.807, 2.05) is 0 Å². The lowest BCUT2D eigenvalue weighted by molar-refractivity contribution is -0.136. The Morgan fingerprint density at radius 3 is 2.33 bits per heavy atom. The van der Waals surface area contributed by atoms with E-state index in [1.165, 1.54) is 7.05 Å². The fraction of sp³-hybridized carbons (Fsp3) is 0.600. The van der Waals surface area contributed by atoms with Crippen LogP contribution in [-0.4, -0.2) is 31.6 Å². The van der Waals surface area contributed by atoms with Gasteiger partial charge in [0.2, 0.25) is 11.8 Å². The molecule has 1 aliphatic heterocycles. The first-order chi connectivity index (χ1) is 4.13. The molecule has 0 bridgehead atoms. The Hall–Kier alpha value is -0.795. The molecule has 0 saturated carbocycles. The highest BCUT2D eigenvalue weighted by Gasteiger charge is 2.31. The number of carbonyl (C=O) groups is 2. The van der Waals surface area contributed by atoms with E-state index in [4.69, 9.17) is 7.85 Å². The molecule has 4 heteroatoms. The average molecular weight is 123 g/mol. The molecule has 0 aromatic heterocycles. The minimum Gasteiger partial charge on any atom is -0.286 e. The molecular formula is C5H6BNO2. The number of hydrogen-bond acceptors (Lipinski definition) is 2. The number of likely N-dealkylation sites (tertiary alicyclic amines) is 1. The first kappa shape index (κ1) is 6.33. The number of nitrogens with zero attached hydrogens (tertiary/aromatic N) is 1. The van der Waals surface area contributed by atoms with E-state index in [0.29, 0.717) is 0 Å². The largest absolute Gasteiger partial charge is 0.286 e. The molecule has 0 N–H and O–H groups in total. The van der Waals surface area contributed by atoms with Crippen molar-refractivity contribution in [1.29, 1.82) is 0 Å². The molecule has 3 nitrogen and oxygen atoms in total. The van der Waals surface area contributed by atoms with Gasteiger partial charge in [-0.3, -0.25) is 14.5 Å². The fourth-order valence-corrected chi connectivity index (χ4v) is 0.784. The first-order valence-corrected chi connectivity index (χ1v) is 2.69. The average Bonchev–Trinajstić information content (AvgIpc) is 1.98. The molecule has 2 radical (unpaired) electrons. The van der Waals surface area contributed by atoms with Crippen molar-refractivity contribution in [2.24, 2.45) is 0 Å². The summed E-state index contributed by atoms with van der Waals surface area (Å²) in [5, 5.41) is 0. The molecule has 1 fully saturated rings. The second kappa shape index (κ2) is 1.86. The highest BCUT2D eigenvalue weighted by atomic mass is 16.2. The highest BCUT2D eigenvalue weighted by Crippen LogP contribution is 2.18. The lowest BCUT2D eigenvalue weighted by atomic mass is 9.86. The third-order valence-electron chi connectivity index (χ3n) is 1.42. The van der Waals surface area contributed by atoms with Gasteiger partial charge in [-0.05, 0) is 0 Å². The summed E-state index contributed by atoms with van der Waals surface area (Å²) >= 11 is 0. The van der Waals surface area contributed by atoms with Gasteiger partial charge in [0.25, 0.3) is 0 Å². The van der Waals surface area contributed by atoms with Crippen molar-refractivity contribution in [2.75, 3.05) is 7.05 Å². The quantitative estimate of drug-likeness (QED) is 0.316. The molecule has 1 atom stereocenters. The number of carbonyl (C=O) groups excluding carboxylic acids is 2. The molecular weight excluding hydrogens is 117 g/mol. The molecule has 46 valence electrons. The summed E-state index contributed by atoms with van der Waals surface area (Å²) in [4.78, 5) is 22.4. The number of amides is 2. The SMILES string of the molecule is [B]C1CC(=O)N(C)C1=O. The summed E-state index contributed by atoms with van der Waals surface area (Å²) in [5.41, 5.74) is 0. The molecule has 0 aromatic carbocycles. The van der Waals surface area contributed by atoms with Crippen LogP contribution < -0.4 is 0 Å². The van der Waals surface area contributed by atoms with Gasteiger partial charge in [-0.15, -0.1) is 0 Å². The lowest BCUT2D eigenvalue weighted by Crippen LogP contribution is -2.24. The normalized spacial score (nSPS) is 27.7. The van der Waals surface area contributed by atoms with E-state index in [1.54, 1.807) is 0 Å². The van der Waals surface area contributed by atoms with Gasteiger partial charge in [0.05, 0.1) is 7.85 Å². The first-order valence-electron chi connectivity index (χ1n) is 2.69. The summed E-state index contributed by atoms with van der Waals surface area (Å²) in [6.07, 6.45) is 0.162. The van der Waals surface area contributed by atoms with Crippen LogP contribution in [0.5, 0.6) is 0 Å². The zero-order valence-electron chi connectivity index (χ0n) is 5.13. The Morgan fingerprint density at radius 1 is 1.67 bits per heavy atom. The van der Waals surface area contributed by atoms with E-state index >= 15 is 0 Å². The topological polar surface area (TPSA) is 37.4 Å². The highest BCUT2D eigenvalue weighted by molar-refractivity contribution is 6.29. The van der Waals surface area contributed by atoms with Crippen LogP contribution in [0.2, 0.25) is 5.82 Å². The van der Waals surface area contributed by atoms with E-state index in [2.05, 4.69) is 0 Å². The maximum Gasteiger partial charge on any atom is 0.228 e. The predicted molar refractivity (Wildman–Crippen MR) is 31.9 cm³/mol. The second-order valence-corrected chi connectivity index (χ2v) is 2.10. The minimum absolute atomic E-state index is 0.162. The Bertz CT molecular complexity index is 168. The summed E-state index contributed by atoms with van der Waals surface area (Å²) < 4.78 is 0. The maximum absolute atomic E-state index is 10.7. The van der Waals surface area contributed by atoms with Crippen molar-refractivity contribution in [1.82, 2.24) is 4.90 Å². The van der Waals surface area contributed by atoms with Crippen molar-refractivity contribution in [3.8, 4) is 0 Å². The van der Waals surface area contributed by atoms with Crippen molar-refractivity contribution < 1.29 is 9.59 Å². The molecule has 0 aliphatic carbocycles. The summed E-state index contributed by atoms with van der Waals surface area (Å²) in [6.45, 7) is 0. The molecule has 1 unspecified atom stereocenters. The molecule has 1 rings (SSSR count). The Labute approximate surface area is 54.4 Å². The smallest absolute Gasteiger partial charge is 0.228 e. The van der Waals surface area contributed by atoms with Crippen LogP contribution in [0.3, 0.4) is 0 Å². The van der Waals surface area contributed by atoms with Gasteiger partial charge < -0.3 is 0 Å². The zero-order chi connectivity index (χ0) is 7.02. The van der Waals surface area contributed by atoms with Crippen LogP contribution in [0.1, 0.15) is 6.42 Å². The van der Waals surface area contributed by atoms with Crippen LogP contribution >= 0.6 is 0 Å². The van der Waals surface area contributed by atoms with E-state index in [9.17, 15) is 9.59 Å². The van der Waals surface area contributed by atoms with E-state index in [0.717, 1.165) is 4.90 Å². The van der Waals surface area contributed by atoms with Crippen molar-refractivity contribution >= 4 is 19.7 Å². The molecule has 0 aromatic rings. The van der Waals surface area contributed by atoms with Crippen LogP contribution in [0, 0.1) is 0 Å². The third-order valence-corrected chi connectivity index (χ3v) is 1.42. The monoisotopic (exact) mass is 123 g/mol. The van der Waals surface area contributed by atoms with Gasteiger partial charge in [-0.1, -0.05) is 0 Å². The van der Waals surface area contributed by atoms with Gasteiger partial charge in [0.15, 0.2) is 0 Å². The molecule has 2 amide bonds. The molecule has 0 spiro atoms.